The summed E-state index contributed by atoms with van der Waals surface area (Å²) in [4.78, 5) is 12.6. The van der Waals surface area contributed by atoms with E-state index in [0.29, 0.717) is 47.3 Å². The molecule has 0 bridgehead atoms. The fourth-order valence-corrected chi connectivity index (χ4v) is 3.09. The highest BCUT2D eigenvalue weighted by molar-refractivity contribution is 5.92. The van der Waals surface area contributed by atoms with E-state index >= 15 is 0 Å². The van der Waals surface area contributed by atoms with Gasteiger partial charge in [0, 0.05) is 24.2 Å². The van der Waals surface area contributed by atoms with E-state index in [-0.39, 0.29) is 11.4 Å². The van der Waals surface area contributed by atoms with Gasteiger partial charge < -0.3 is 25.3 Å². The van der Waals surface area contributed by atoms with Crippen molar-refractivity contribution >= 4 is 22.4 Å². The number of nitrogen functional groups attached to an aromatic ring is 1. The number of pyridine rings is 1. The Kier molecular flexibility index (Phi) is 6.87. The first-order chi connectivity index (χ1) is 15.1. The highest BCUT2D eigenvalue weighted by Crippen LogP contribution is 2.36. The van der Waals surface area contributed by atoms with E-state index in [2.05, 4.69) is 20.3 Å². The molecule has 8 nitrogen and oxygen atoms in total. The van der Waals surface area contributed by atoms with Crippen LogP contribution in [-0.2, 0) is 10.9 Å². The molecule has 3 N–H and O–H groups in total. The molecule has 0 aliphatic carbocycles. The second kappa shape index (κ2) is 9.43. The molecule has 11 heteroatoms. The largest absolute Gasteiger partial charge is 0.493 e. The van der Waals surface area contributed by atoms with Crippen molar-refractivity contribution in [2.75, 3.05) is 38.5 Å². The van der Waals surface area contributed by atoms with Crippen LogP contribution in [0.3, 0.4) is 0 Å². The number of fused-ring (bicyclic) bond motifs is 1. The molecule has 0 saturated carbocycles. The first kappa shape index (κ1) is 23.3. The van der Waals surface area contributed by atoms with Crippen LogP contribution in [0.2, 0.25) is 0 Å². The van der Waals surface area contributed by atoms with Crippen LogP contribution in [0.4, 0.5) is 24.7 Å². The van der Waals surface area contributed by atoms with Crippen molar-refractivity contribution in [3.8, 4) is 11.5 Å². The third-order valence-electron chi connectivity index (χ3n) is 4.59. The van der Waals surface area contributed by atoms with E-state index in [1.54, 1.807) is 33.1 Å². The number of hydrogen-bond donors (Lipinski definition) is 2. The van der Waals surface area contributed by atoms with E-state index in [9.17, 15) is 13.2 Å². The molecule has 0 radical (unpaired) electrons. The minimum atomic E-state index is -4.60. The van der Waals surface area contributed by atoms with Gasteiger partial charge in [0.25, 0.3) is 0 Å². The second-order valence-corrected chi connectivity index (χ2v) is 7.06. The molecular formula is C21H24F3N5O3. The lowest BCUT2D eigenvalue weighted by Gasteiger charge is -2.19. The quantitative estimate of drug-likeness (QED) is 0.493. The van der Waals surface area contributed by atoms with Gasteiger partial charge in [-0.2, -0.15) is 13.2 Å². The molecular weight excluding hydrogens is 427 g/mol. The summed E-state index contributed by atoms with van der Waals surface area (Å²) in [6, 6.07) is 4.99. The maximum Gasteiger partial charge on any atom is 0.433 e. The van der Waals surface area contributed by atoms with Gasteiger partial charge in [0.2, 0.25) is 0 Å². The molecule has 1 atom stereocenters. The predicted molar refractivity (Wildman–Crippen MR) is 114 cm³/mol. The Morgan fingerprint density at radius 2 is 1.78 bits per heavy atom. The number of aromatic nitrogens is 3. The van der Waals surface area contributed by atoms with Gasteiger partial charge in [-0.3, -0.25) is 0 Å². The SMILES string of the molecule is COCCOc1cc2c(NC(C)c3cc(N)cc(C(F)(F)F)n3)nc(C)nc2cc1OC. The molecule has 0 aliphatic rings. The fraction of sp³-hybridized carbons (Fsp3) is 0.381. The predicted octanol–water partition coefficient (Wildman–Crippen LogP) is 4.14. The topological polar surface area (TPSA) is 104 Å². The van der Waals surface area contributed by atoms with Crippen molar-refractivity contribution in [2.45, 2.75) is 26.1 Å². The van der Waals surface area contributed by atoms with Crippen LogP contribution in [0.1, 0.15) is 30.2 Å². The molecule has 0 amide bonds. The van der Waals surface area contributed by atoms with Crippen LogP contribution in [0, 0.1) is 6.92 Å². The average Bonchev–Trinajstić information content (AvgIpc) is 2.72. The van der Waals surface area contributed by atoms with Crippen LogP contribution in [-0.4, -0.2) is 42.4 Å². The summed E-state index contributed by atoms with van der Waals surface area (Å²) in [7, 11) is 3.08. The number of nitrogens with one attached hydrogen (secondary N) is 1. The number of anilines is 2. The number of methoxy groups -OCH3 is 2. The van der Waals surface area contributed by atoms with Gasteiger partial charge in [-0.25, -0.2) is 15.0 Å². The molecule has 2 heterocycles. The molecule has 3 aromatic rings. The van der Waals surface area contributed by atoms with E-state index in [0.717, 1.165) is 6.07 Å². The molecule has 0 saturated heterocycles. The summed E-state index contributed by atoms with van der Waals surface area (Å²) in [6.07, 6.45) is -4.60. The van der Waals surface area contributed by atoms with Gasteiger partial charge in [-0.05, 0) is 32.0 Å². The molecule has 2 aromatic heterocycles. The molecule has 0 fully saturated rings. The summed E-state index contributed by atoms with van der Waals surface area (Å²) in [5.74, 6) is 1.83. The second-order valence-electron chi connectivity index (χ2n) is 7.06. The molecule has 0 aliphatic heterocycles. The first-order valence-corrected chi connectivity index (χ1v) is 9.71. The zero-order chi connectivity index (χ0) is 23.5. The van der Waals surface area contributed by atoms with Crippen molar-refractivity contribution < 1.29 is 27.4 Å². The van der Waals surface area contributed by atoms with Gasteiger partial charge in [-0.1, -0.05) is 0 Å². The number of hydrogen-bond acceptors (Lipinski definition) is 8. The highest BCUT2D eigenvalue weighted by Gasteiger charge is 2.33. The summed E-state index contributed by atoms with van der Waals surface area (Å²) < 4.78 is 55.6. The van der Waals surface area contributed by atoms with E-state index in [1.165, 1.54) is 13.2 Å². The average molecular weight is 451 g/mol. The Bertz CT molecular complexity index is 1110. The van der Waals surface area contributed by atoms with Crippen molar-refractivity contribution in [3.05, 3.63) is 41.5 Å². The summed E-state index contributed by atoms with van der Waals surface area (Å²) >= 11 is 0. The van der Waals surface area contributed by atoms with Gasteiger partial charge in [0.1, 0.15) is 23.9 Å². The summed E-state index contributed by atoms with van der Waals surface area (Å²) in [5, 5.41) is 3.73. The zero-order valence-electron chi connectivity index (χ0n) is 18.1. The Morgan fingerprint density at radius 3 is 2.44 bits per heavy atom. The van der Waals surface area contributed by atoms with Gasteiger partial charge in [0.05, 0.1) is 31.0 Å². The van der Waals surface area contributed by atoms with Gasteiger partial charge >= 0.3 is 6.18 Å². The minimum absolute atomic E-state index is 0.0294. The fourth-order valence-electron chi connectivity index (χ4n) is 3.09. The van der Waals surface area contributed by atoms with Crippen LogP contribution < -0.4 is 20.5 Å². The maximum absolute atomic E-state index is 13.1. The molecule has 1 unspecified atom stereocenters. The molecule has 1 aromatic carbocycles. The van der Waals surface area contributed by atoms with Crippen LogP contribution in [0.25, 0.3) is 10.9 Å². The molecule has 3 rings (SSSR count). The van der Waals surface area contributed by atoms with E-state index < -0.39 is 17.9 Å². The summed E-state index contributed by atoms with van der Waals surface area (Å²) in [5.41, 5.74) is 5.31. The standard InChI is InChI=1S/C21H24F3N5O3/c1-11(15-7-13(25)8-19(29-15)21(22,23)24)26-20-14-9-18(32-6-5-30-3)17(31-4)10-16(14)27-12(2)28-20/h7-11H,5-6H2,1-4H3,(H2,25,29)(H,26,27,28). The van der Waals surface area contributed by atoms with Crippen molar-refractivity contribution in [1.82, 2.24) is 15.0 Å². The molecule has 172 valence electrons. The lowest BCUT2D eigenvalue weighted by atomic mass is 10.1. The van der Waals surface area contributed by atoms with Crippen LogP contribution in [0.15, 0.2) is 24.3 Å². The third-order valence-corrected chi connectivity index (χ3v) is 4.59. The normalized spacial score (nSPS) is 12.6. The Hall–Kier alpha value is -3.34. The van der Waals surface area contributed by atoms with E-state index in [4.69, 9.17) is 19.9 Å². The molecule has 0 spiro atoms. The zero-order valence-corrected chi connectivity index (χ0v) is 18.1. The first-order valence-electron chi connectivity index (χ1n) is 9.71. The van der Waals surface area contributed by atoms with Crippen LogP contribution >= 0.6 is 0 Å². The van der Waals surface area contributed by atoms with Crippen molar-refractivity contribution in [1.29, 1.82) is 0 Å². The number of benzene rings is 1. The lowest BCUT2D eigenvalue weighted by Crippen LogP contribution is -2.16. The summed E-state index contributed by atoms with van der Waals surface area (Å²) in [6.45, 7) is 4.07. The number of nitrogens with two attached hydrogens (primary N) is 1. The Balaban J connectivity index is 2.01. The maximum atomic E-state index is 13.1. The lowest BCUT2D eigenvalue weighted by molar-refractivity contribution is -0.141. The smallest absolute Gasteiger partial charge is 0.433 e. The number of ether oxygens (including phenoxy) is 3. The number of nitrogens with zero attached hydrogens (tertiary/aromatic N) is 3. The third kappa shape index (κ3) is 5.28. The monoisotopic (exact) mass is 451 g/mol. The van der Waals surface area contributed by atoms with Gasteiger partial charge in [-0.15, -0.1) is 0 Å². The number of alkyl halides is 3. The van der Waals surface area contributed by atoms with Crippen molar-refractivity contribution in [2.24, 2.45) is 0 Å². The van der Waals surface area contributed by atoms with Crippen LogP contribution in [0.5, 0.6) is 11.5 Å². The number of aryl methyl sites for hydroxylation is 1. The van der Waals surface area contributed by atoms with Crippen molar-refractivity contribution in [3.63, 3.8) is 0 Å². The molecule has 32 heavy (non-hydrogen) atoms. The van der Waals surface area contributed by atoms with Gasteiger partial charge in [0.15, 0.2) is 11.5 Å². The minimum Gasteiger partial charge on any atom is -0.493 e. The Labute approximate surface area is 182 Å². The number of rotatable bonds is 8. The van der Waals surface area contributed by atoms with E-state index in [1.807, 2.05) is 0 Å². The Morgan fingerprint density at radius 1 is 1.03 bits per heavy atom. The number of halogens is 3. The highest BCUT2D eigenvalue weighted by atomic mass is 19.4.